The molecule has 0 radical (unpaired) electrons. The van der Waals surface area contributed by atoms with Gasteiger partial charge in [0.15, 0.2) is 6.10 Å². The van der Waals surface area contributed by atoms with Crippen molar-refractivity contribution in [3.8, 4) is 0 Å². The van der Waals surface area contributed by atoms with Crippen LogP contribution in [-0.2, 0) is 28.6 Å². The second kappa shape index (κ2) is 46.7. The Kier molecular flexibility index (Phi) is 42.8. The van der Waals surface area contributed by atoms with Crippen LogP contribution in [-0.4, -0.2) is 37.2 Å². The maximum atomic E-state index is 12.7. The van der Waals surface area contributed by atoms with Gasteiger partial charge in [-0.3, -0.25) is 14.4 Å². The molecule has 0 rings (SSSR count). The lowest BCUT2D eigenvalue weighted by atomic mass is 10.1. The average molecular weight is 823 g/mol. The van der Waals surface area contributed by atoms with Crippen molar-refractivity contribution in [1.82, 2.24) is 0 Å². The van der Waals surface area contributed by atoms with Crippen molar-refractivity contribution in [3.05, 3.63) is 158 Å². The molecular formula is C54H78O6. The summed E-state index contributed by atoms with van der Waals surface area (Å²) in [6.45, 7) is 6.08. The average Bonchev–Trinajstić information content (AvgIpc) is 3.24. The van der Waals surface area contributed by atoms with Crippen molar-refractivity contribution in [2.75, 3.05) is 13.2 Å². The van der Waals surface area contributed by atoms with E-state index >= 15 is 0 Å². The molecule has 0 saturated carbocycles. The van der Waals surface area contributed by atoms with Crippen LogP contribution in [0.25, 0.3) is 0 Å². The number of esters is 3. The molecule has 6 nitrogen and oxygen atoms in total. The first-order valence-corrected chi connectivity index (χ1v) is 22.6. The van der Waals surface area contributed by atoms with E-state index in [0.717, 1.165) is 83.5 Å². The summed E-state index contributed by atoms with van der Waals surface area (Å²) in [6.07, 6.45) is 68.1. The predicted molar refractivity (Wildman–Crippen MR) is 255 cm³/mol. The van der Waals surface area contributed by atoms with E-state index in [-0.39, 0.29) is 50.4 Å². The van der Waals surface area contributed by atoms with E-state index in [1.807, 2.05) is 72.9 Å². The Morgan fingerprint density at radius 2 is 0.700 bits per heavy atom. The molecule has 0 saturated heterocycles. The molecule has 6 heteroatoms. The highest BCUT2D eigenvalue weighted by Gasteiger charge is 2.19. The molecule has 1 unspecified atom stereocenters. The fourth-order valence-corrected chi connectivity index (χ4v) is 5.17. The molecular weight excluding hydrogens is 745 g/mol. The minimum absolute atomic E-state index is 0.142. The maximum absolute atomic E-state index is 12.7. The van der Waals surface area contributed by atoms with Crippen LogP contribution >= 0.6 is 0 Å². The van der Waals surface area contributed by atoms with Gasteiger partial charge in [-0.1, -0.05) is 185 Å². The van der Waals surface area contributed by atoms with E-state index in [9.17, 15) is 14.4 Å². The predicted octanol–water partition coefficient (Wildman–Crippen LogP) is 14.7. The third-order valence-corrected chi connectivity index (χ3v) is 8.45. The first kappa shape index (κ1) is 55.0. The van der Waals surface area contributed by atoms with E-state index in [0.29, 0.717) is 19.3 Å². The minimum atomic E-state index is -0.843. The maximum Gasteiger partial charge on any atom is 0.306 e. The standard InChI is InChI=1S/C54H78O6/c1-4-7-10-13-16-19-22-24-25-26-27-28-29-30-33-35-38-41-44-47-53(56)59-50-51(49-58-52(55)46-43-40-37-34-31-21-18-15-12-9-6-3)60-54(57)48-45-42-39-36-32-23-20-17-14-11-8-5-2/h7-13,16-22,24-30,32-34,36-37,51H,4-6,14-15,23,31,35,38-50H2,1-3H3/b10-7-,11-8-,12-9-,16-13-,20-17-,21-18-,22-19-,25-24-,27-26+,29-28-,33-30-,36-32-,37-34-. The van der Waals surface area contributed by atoms with Crippen LogP contribution < -0.4 is 0 Å². The lowest BCUT2D eigenvalue weighted by molar-refractivity contribution is -0.167. The molecule has 0 heterocycles. The van der Waals surface area contributed by atoms with Gasteiger partial charge in [0.2, 0.25) is 0 Å². The van der Waals surface area contributed by atoms with Gasteiger partial charge in [0.05, 0.1) is 0 Å². The zero-order chi connectivity index (χ0) is 43.7. The van der Waals surface area contributed by atoms with Crippen LogP contribution in [0.5, 0.6) is 0 Å². The van der Waals surface area contributed by atoms with Gasteiger partial charge in [0.25, 0.3) is 0 Å². The van der Waals surface area contributed by atoms with Gasteiger partial charge in [-0.05, 0) is 96.3 Å². The molecule has 0 aromatic carbocycles. The SMILES string of the molecule is CC\C=C/C=C\C=C/C=C\C=C\C=C/C=C\CCCCCC(=O)OCC(COC(=O)CCC/C=C\C/C=C\C/C=C\CC)OC(=O)CCCC/C=C\C/C=C\C/C=C\CC. The Labute approximate surface area is 365 Å². The van der Waals surface area contributed by atoms with Crippen LogP contribution in [0.1, 0.15) is 143 Å². The van der Waals surface area contributed by atoms with Crippen LogP contribution in [0.4, 0.5) is 0 Å². The lowest BCUT2D eigenvalue weighted by Crippen LogP contribution is -2.30. The van der Waals surface area contributed by atoms with Crippen molar-refractivity contribution in [1.29, 1.82) is 0 Å². The van der Waals surface area contributed by atoms with Crippen molar-refractivity contribution >= 4 is 17.9 Å². The lowest BCUT2D eigenvalue weighted by Gasteiger charge is -2.18. The summed E-state index contributed by atoms with van der Waals surface area (Å²) in [6, 6.07) is 0. The van der Waals surface area contributed by atoms with Crippen molar-refractivity contribution < 1.29 is 28.6 Å². The summed E-state index contributed by atoms with van der Waals surface area (Å²) in [5.41, 5.74) is 0. The summed E-state index contributed by atoms with van der Waals surface area (Å²) in [7, 11) is 0. The van der Waals surface area contributed by atoms with Crippen molar-refractivity contribution in [2.45, 2.75) is 149 Å². The highest BCUT2D eigenvalue weighted by atomic mass is 16.6. The Hall–Kier alpha value is -4.97. The quantitative estimate of drug-likeness (QED) is 0.0204. The second-order valence-corrected chi connectivity index (χ2v) is 14.0. The largest absolute Gasteiger partial charge is 0.462 e. The monoisotopic (exact) mass is 823 g/mol. The smallest absolute Gasteiger partial charge is 0.306 e. The van der Waals surface area contributed by atoms with E-state index in [1.165, 1.54) is 0 Å². The number of hydrogen-bond acceptors (Lipinski definition) is 6. The Bertz CT molecular complexity index is 1460. The van der Waals surface area contributed by atoms with E-state index in [2.05, 4.69) is 106 Å². The molecule has 0 aliphatic carbocycles. The van der Waals surface area contributed by atoms with Gasteiger partial charge in [-0.15, -0.1) is 0 Å². The highest BCUT2D eigenvalue weighted by Crippen LogP contribution is 2.09. The first-order valence-electron chi connectivity index (χ1n) is 22.6. The van der Waals surface area contributed by atoms with Gasteiger partial charge in [-0.2, -0.15) is 0 Å². The summed E-state index contributed by atoms with van der Waals surface area (Å²) in [5, 5.41) is 0. The molecule has 0 aromatic heterocycles. The van der Waals surface area contributed by atoms with Gasteiger partial charge in [0, 0.05) is 19.3 Å². The van der Waals surface area contributed by atoms with Gasteiger partial charge in [0.1, 0.15) is 13.2 Å². The van der Waals surface area contributed by atoms with E-state index < -0.39 is 6.10 Å². The molecule has 1 atom stereocenters. The minimum Gasteiger partial charge on any atom is -0.462 e. The molecule has 0 aliphatic heterocycles. The number of ether oxygens (including phenoxy) is 3. The van der Waals surface area contributed by atoms with Crippen LogP contribution in [0.2, 0.25) is 0 Å². The zero-order valence-corrected chi connectivity index (χ0v) is 37.4. The number of rotatable bonds is 37. The molecule has 0 bridgehead atoms. The second-order valence-electron chi connectivity index (χ2n) is 14.0. The van der Waals surface area contributed by atoms with Gasteiger partial charge >= 0.3 is 17.9 Å². The summed E-state index contributed by atoms with van der Waals surface area (Å²) >= 11 is 0. The summed E-state index contributed by atoms with van der Waals surface area (Å²) in [5.74, 6) is -1.10. The van der Waals surface area contributed by atoms with Crippen LogP contribution in [0.3, 0.4) is 0 Å². The molecule has 0 spiro atoms. The molecule has 330 valence electrons. The van der Waals surface area contributed by atoms with Crippen molar-refractivity contribution in [2.24, 2.45) is 0 Å². The number of carbonyl (C=O) groups is 3. The topological polar surface area (TPSA) is 78.9 Å². The third-order valence-electron chi connectivity index (χ3n) is 8.45. The Balaban J connectivity index is 4.62. The van der Waals surface area contributed by atoms with Gasteiger partial charge in [-0.25, -0.2) is 0 Å². The Morgan fingerprint density at radius 3 is 1.20 bits per heavy atom. The molecule has 0 aromatic rings. The zero-order valence-electron chi connectivity index (χ0n) is 37.4. The van der Waals surface area contributed by atoms with Gasteiger partial charge < -0.3 is 14.2 Å². The fourth-order valence-electron chi connectivity index (χ4n) is 5.17. The third kappa shape index (κ3) is 44.1. The summed E-state index contributed by atoms with van der Waals surface area (Å²) < 4.78 is 16.6. The molecule has 0 amide bonds. The first-order chi connectivity index (χ1) is 29.5. The normalized spacial score (nSPS) is 13.6. The summed E-state index contributed by atoms with van der Waals surface area (Å²) in [4.78, 5) is 37.7. The highest BCUT2D eigenvalue weighted by molar-refractivity contribution is 5.71. The van der Waals surface area contributed by atoms with Crippen LogP contribution in [0, 0.1) is 0 Å². The number of carbonyl (C=O) groups excluding carboxylic acids is 3. The van der Waals surface area contributed by atoms with E-state index in [4.69, 9.17) is 14.2 Å². The molecule has 0 N–H and O–H groups in total. The molecule has 60 heavy (non-hydrogen) atoms. The van der Waals surface area contributed by atoms with Crippen LogP contribution in [0.15, 0.2) is 158 Å². The molecule has 0 fully saturated rings. The number of hydrogen-bond donors (Lipinski definition) is 0. The number of allylic oxidation sites excluding steroid dienone is 26. The van der Waals surface area contributed by atoms with Crippen molar-refractivity contribution in [3.63, 3.8) is 0 Å². The molecule has 0 aliphatic rings. The number of unbranched alkanes of at least 4 members (excludes halogenated alkanes) is 6. The Morgan fingerprint density at radius 1 is 0.350 bits per heavy atom. The van der Waals surface area contributed by atoms with E-state index in [1.54, 1.807) is 0 Å². The fraction of sp³-hybridized carbons (Fsp3) is 0.463.